The van der Waals surface area contributed by atoms with Gasteiger partial charge in [0.1, 0.15) is 0 Å². The predicted octanol–water partition coefficient (Wildman–Crippen LogP) is 3.95. The molecule has 0 aliphatic carbocycles. The molecule has 1 aromatic heterocycles. The number of pyridine rings is 1. The number of benzene rings is 1. The summed E-state index contributed by atoms with van der Waals surface area (Å²) < 4.78 is 0. The van der Waals surface area contributed by atoms with Gasteiger partial charge >= 0.3 is 0 Å². The summed E-state index contributed by atoms with van der Waals surface area (Å²) in [6, 6.07) is 15.6. The SMILES string of the molecule is CCC(CC)NC(c1ccccc1)c1ccncc1. The maximum Gasteiger partial charge on any atom is 0.0579 e. The maximum absolute atomic E-state index is 4.11. The first-order valence-corrected chi connectivity index (χ1v) is 7.06. The van der Waals surface area contributed by atoms with Crippen LogP contribution in [0.5, 0.6) is 0 Å². The molecular weight excluding hydrogens is 232 g/mol. The lowest BCUT2D eigenvalue weighted by Crippen LogP contribution is -2.32. The molecule has 0 amide bonds. The third kappa shape index (κ3) is 3.65. The van der Waals surface area contributed by atoms with Crippen molar-refractivity contribution in [3.63, 3.8) is 0 Å². The molecule has 0 aliphatic rings. The molecule has 0 saturated heterocycles. The van der Waals surface area contributed by atoms with Crippen LogP contribution < -0.4 is 5.32 Å². The second-order valence-electron chi connectivity index (χ2n) is 4.80. The van der Waals surface area contributed by atoms with Crippen LogP contribution in [0, 0.1) is 0 Å². The molecule has 100 valence electrons. The Morgan fingerprint density at radius 1 is 0.895 bits per heavy atom. The van der Waals surface area contributed by atoms with Crippen molar-refractivity contribution in [3.05, 3.63) is 66.0 Å². The van der Waals surface area contributed by atoms with E-state index in [2.05, 4.69) is 66.6 Å². The van der Waals surface area contributed by atoms with Crippen LogP contribution in [-0.2, 0) is 0 Å². The predicted molar refractivity (Wildman–Crippen MR) is 80.0 cm³/mol. The number of nitrogens with zero attached hydrogens (tertiary/aromatic N) is 1. The van der Waals surface area contributed by atoms with Crippen molar-refractivity contribution in [1.29, 1.82) is 0 Å². The van der Waals surface area contributed by atoms with Crippen molar-refractivity contribution >= 4 is 0 Å². The highest BCUT2D eigenvalue weighted by Gasteiger charge is 2.16. The second kappa shape index (κ2) is 7.05. The molecule has 2 nitrogen and oxygen atoms in total. The van der Waals surface area contributed by atoms with Crippen molar-refractivity contribution in [3.8, 4) is 0 Å². The number of nitrogens with one attached hydrogen (secondary N) is 1. The summed E-state index contributed by atoms with van der Waals surface area (Å²) in [5.74, 6) is 0. The van der Waals surface area contributed by atoms with Gasteiger partial charge in [0.2, 0.25) is 0 Å². The molecule has 1 N–H and O–H groups in total. The summed E-state index contributed by atoms with van der Waals surface area (Å²) in [6.45, 7) is 4.46. The van der Waals surface area contributed by atoms with Gasteiger partial charge in [-0.25, -0.2) is 0 Å². The number of hydrogen-bond acceptors (Lipinski definition) is 2. The summed E-state index contributed by atoms with van der Waals surface area (Å²) >= 11 is 0. The van der Waals surface area contributed by atoms with Crippen LogP contribution in [-0.4, -0.2) is 11.0 Å². The Hall–Kier alpha value is -1.67. The molecule has 1 unspecified atom stereocenters. The normalized spacial score (nSPS) is 12.6. The Balaban J connectivity index is 2.29. The summed E-state index contributed by atoms with van der Waals surface area (Å²) in [4.78, 5) is 4.11. The zero-order valence-electron chi connectivity index (χ0n) is 11.7. The average Bonchev–Trinajstić information content (AvgIpc) is 2.50. The molecule has 0 aliphatic heterocycles. The van der Waals surface area contributed by atoms with E-state index >= 15 is 0 Å². The molecule has 2 rings (SSSR count). The van der Waals surface area contributed by atoms with E-state index in [1.807, 2.05) is 12.4 Å². The lowest BCUT2D eigenvalue weighted by molar-refractivity contribution is 0.447. The monoisotopic (exact) mass is 254 g/mol. The molecule has 0 spiro atoms. The van der Waals surface area contributed by atoms with Crippen LogP contribution in [0.15, 0.2) is 54.9 Å². The zero-order chi connectivity index (χ0) is 13.5. The van der Waals surface area contributed by atoms with E-state index in [1.54, 1.807) is 0 Å². The first-order chi connectivity index (χ1) is 9.35. The van der Waals surface area contributed by atoms with E-state index in [9.17, 15) is 0 Å². The van der Waals surface area contributed by atoms with Crippen LogP contribution in [0.25, 0.3) is 0 Å². The van der Waals surface area contributed by atoms with Crippen LogP contribution >= 0.6 is 0 Å². The van der Waals surface area contributed by atoms with E-state index in [1.165, 1.54) is 11.1 Å². The maximum atomic E-state index is 4.11. The molecule has 19 heavy (non-hydrogen) atoms. The first-order valence-electron chi connectivity index (χ1n) is 7.06. The number of rotatable bonds is 6. The van der Waals surface area contributed by atoms with Gasteiger partial charge in [-0.3, -0.25) is 4.98 Å². The van der Waals surface area contributed by atoms with E-state index in [4.69, 9.17) is 0 Å². The lowest BCUT2D eigenvalue weighted by Gasteiger charge is -2.25. The highest BCUT2D eigenvalue weighted by atomic mass is 14.9. The minimum atomic E-state index is 0.245. The third-order valence-corrected chi connectivity index (χ3v) is 3.56. The largest absolute Gasteiger partial charge is 0.303 e. The Kier molecular flexibility index (Phi) is 5.10. The number of aromatic nitrogens is 1. The Morgan fingerprint density at radius 2 is 1.47 bits per heavy atom. The van der Waals surface area contributed by atoms with E-state index < -0.39 is 0 Å². The van der Waals surface area contributed by atoms with E-state index in [0.29, 0.717) is 6.04 Å². The summed E-state index contributed by atoms with van der Waals surface area (Å²) in [5.41, 5.74) is 2.58. The van der Waals surface area contributed by atoms with Crippen molar-refractivity contribution < 1.29 is 0 Å². The van der Waals surface area contributed by atoms with Crippen molar-refractivity contribution in [1.82, 2.24) is 10.3 Å². The van der Waals surface area contributed by atoms with Gasteiger partial charge in [0.15, 0.2) is 0 Å². The summed E-state index contributed by atoms with van der Waals surface area (Å²) in [5, 5.41) is 3.76. The van der Waals surface area contributed by atoms with Crippen molar-refractivity contribution in [2.75, 3.05) is 0 Å². The highest BCUT2D eigenvalue weighted by molar-refractivity contribution is 5.30. The Bertz CT molecular complexity index is 424. The fourth-order valence-corrected chi connectivity index (χ4v) is 2.35. The van der Waals surface area contributed by atoms with Crippen molar-refractivity contribution in [2.45, 2.75) is 38.8 Å². The molecule has 2 aromatic rings. The summed E-state index contributed by atoms with van der Waals surface area (Å²) in [6.07, 6.45) is 6.01. The van der Waals surface area contributed by atoms with Gasteiger partial charge in [0.25, 0.3) is 0 Å². The Labute approximate surface area is 115 Å². The molecule has 1 atom stereocenters. The van der Waals surface area contributed by atoms with Crippen LogP contribution in [0.2, 0.25) is 0 Å². The van der Waals surface area contributed by atoms with Crippen LogP contribution in [0.1, 0.15) is 43.9 Å². The first kappa shape index (κ1) is 13.8. The second-order valence-corrected chi connectivity index (χ2v) is 4.80. The zero-order valence-corrected chi connectivity index (χ0v) is 11.7. The van der Waals surface area contributed by atoms with E-state index in [0.717, 1.165) is 12.8 Å². The smallest absolute Gasteiger partial charge is 0.0579 e. The van der Waals surface area contributed by atoms with Crippen LogP contribution in [0.4, 0.5) is 0 Å². The summed E-state index contributed by atoms with van der Waals surface area (Å²) in [7, 11) is 0. The lowest BCUT2D eigenvalue weighted by atomic mass is 9.98. The van der Waals surface area contributed by atoms with Gasteiger partial charge in [-0.2, -0.15) is 0 Å². The standard InChI is InChI=1S/C17H22N2/c1-3-16(4-2)19-17(14-8-6-5-7-9-14)15-10-12-18-13-11-15/h5-13,16-17,19H,3-4H2,1-2H3. The fraction of sp³-hybridized carbons (Fsp3) is 0.353. The Morgan fingerprint density at radius 3 is 2.05 bits per heavy atom. The minimum absolute atomic E-state index is 0.245. The molecule has 0 saturated carbocycles. The fourth-order valence-electron chi connectivity index (χ4n) is 2.35. The van der Waals surface area contributed by atoms with Crippen LogP contribution in [0.3, 0.4) is 0 Å². The van der Waals surface area contributed by atoms with Gasteiger partial charge in [-0.1, -0.05) is 44.2 Å². The molecule has 0 bridgehead atoms. The number of hydrogen-bond donors (Lipinski definition) is 1. The third-order valence-electron chi connectivity index (χ3n) is 3.56. The minimum Gasteiger partial charge on any atom is -0.303 e. The van der Waals surface area contributed by atoms with Gasteiger partial charge in [-0.05, 0) is 36.1 Å². The molecular formula is C17H22N2. The van der Waals surface area contributed by atoms with Gasteiger partial charge in [-0.15, -0.1) is 0 Å². The molecule has 1 aromatic carbocycles. The molecule has 1 heterocycles. The average molecular weight is 254 g/mol. The molecule has 0 fully saturated rings. The van der Waals surface area contributed by atoms with Crippen molar-refractivity contribution in [2.24, 2.45) is 0 Å². The van der Waals surface area contributed by atoms with Gasteiger partial charge in [0.05, 0.1) is 6.04 Å². The van der Waals surface area contributed by atoms with Gasteiger partial charge < -0.3 is 5.32 Å². The van der Waals surface area contributed by atoms with Gasteiger partial charge in [0, 0.05) is 18.4 Å². The topological polar surface area (TPSA) is 24.9 Å². The molecule has 2 heteroatoms. The highest BCUT2D eigenvalue weighted by Crippen LogP contribution is 2.22. The quantitative estimate of drug-likeness (QED) is 0.844. The van der Waals surface area contributed by atoms with E-state index in [-0.39, 0.29) is 6.04 Å². The molecule has 0 radical (unpaired) electrons.